The molecule has 2 aromatic rings. The van der Waals surface area contributed by atoms with Crippen molar-refractivity contribution >= 4 is 23.0 Å². The molecular formula is C14H10N4O3. The molecule has 21 heavy (non-hydrogen) atoms. The summed E-state index contributed by atoms with van der Waals surface area (Å²) in [6.45, 7) is 0. The van der Waals surface area contributed by atoms with Crippen molar-refractivity contribution in [3.05, 3.63) is 63.7 Å². The summed E-state index contributed by atoms with van der Waals surface area (Å²) in [5.74, 6) is -0.532. The standard InChI is InChI=1S/C14H10N4O3/c15-8-10-3-6-12(7-13(10)18(20)21)17-11-4-1-9(2-5-11)14(16)19/h1-7,17H,(H2,16,19). The first-order valence-corrected chi connectivity index (χ1v) is 5.86. The van der Waals surface area contributed by atoms with Gasteiger partial charge in [-0.05, 0) is 36.4 Å². The molecule has 7 heteroatoms. The molecule has 0 aromatic heterocycles. The number of nitrogens with zero attached hydrogens (tertiary/aromatic N) is 2. The summed E-state index contributed by atoms with van der Waals surface area (Å²) in [6, 6.07) is 12.3. The number of nitro groups is 1. The van der Waals surface area contributed by atoms with Crippen LogP contribution in [0, 0.1) is 21.4 Å². The summed E-state index contributed by atoms with van der Waals surface area (Å²) >= 11 is 0. The van der Waals surface area contributed by atoms with Crippen LogP contribution in [0.15, 0.2) is 42.5 Å². The molecule has 2 aromatic carbocycles. The smallest absolute Gasteiger partial charge is 0.289 e. The molecular weight excluding hydrogens is 272 g/mol. The molecule has 2 rings (SSSR count). The Kier molecular flexibility index (Phi) is 3.81. The van der Waals surface area contributed by atoms with Crippen LogP contribution in [0.3, 0.4) is 0 Å². The number of hydrogen-bond donors (Lipinski definition) is 2. The van der Waals surface area contributed by atoms with Crippen LogP contribution in [-0.4, -0.2) is 10.8 Å². The zero-order chi connectivity index (χ0) is 15.4. The number of nitro benzene ring substituents is 1. The van der Waals surface area contributed by atoms with Crippen molar-refractivity contribution in [2.24, 2.45) is 5.73 Å². The van der Waals surface area contributed by atoms with Crippen LogP contribution >= 0.6 is 0 Å². The fourth-order valence-corrected chi connectivity index (χ4v) is 1.74. The molecule has 0 bridgehead atoms. The summed E-state index contributed by atoms with van der Waals surface area (Å²) in [6.07, 6.45) is 0. The number of primary amides is 1. The number of anilines is 2. The minimum atomic E-state index is -0.611. The number of nitriles is 1. The average Bonchev–Trinajstić information content (AvgIpc) is 2.47. The molecule has 7 nitrogen and oxygen atoms in total. The van der Waals surface area contributed by atoms with Gasteiger partial charge >= 0.3 is 0 Å². The third-order valence-corrected chi connectivity index (χ3v) is 2.77. The van der Waals surface area contributed by atoms with E-state index in [1.165, 1.54) is 12.1 Å². The maximum Gasteiger partial charge on any atom is 0.289 e. The van der Waals surface area contributed by atoms with Crippen molar-refractivity contribution in [2.45, 2.75) is 0 Å². The minimum Gasteiger partial charge on any atom is -0.366 e. The minimum absolute atomic E-state index is 0.00498. The lowest BCUT2D eigenvalue weighted by atomic mass is 10.1. The molecule has 0 fully saturated rings. The second-order valence-corrected chi connectivity index (χ2v) is 4.17. The van der Waals surface area contributed by atoms with Crippen LogP contribution < -0.4 is 11.1 Å². The van der Waals surface area contributed by atoms with E-state index in [0.29, 0.717) is 16.9 Å². The Morgan fingerprint density at radius 1 is 1.19 bits per heavy atom. The van der Waals surface area contributed by atoms with Crippen molar-refractivity contribution in [3.63, 3.8) is 0 Å². The molecule has 0 radical (unpaired) electrons. The number of nitrogens with two attached hydrogens (primary N) is 1. The molecule has 104 valence electrons. The third kappa shape index (κ3) is 3.13. The van der Waals surface area contributed by atoms with Gasteiger partial charge in [-0.25, -0.2) is 0 Å². The molecule has 0 aliphatic carbocycles. The van der Waals surface area contributed by atoms with Crippen LogP contribution in [0.25, 0.3) is 0 Å². The summed E-state index contributed by atoms with van der Waals surface area (Å²) < 4.78 is 0. The Morgan fingerprint density at radius 3 is 2.33 bits per heavy atom. The van der Waals surface area contributed by atoms with Gasteiger partial charge in [0, 0.05) is 23.0 Å². The lowest BCUT2D eigenvalue weighted by molar-refractivity contribution is -0.385. The Bertz CT molecular complexity index is 748. The van der Waals surface area contributed by atoms with Gasteiger partial charge in [0.15, 0.2) is 0 Å². The summed E-state index contributed by atoms with van der Waals surface area (Å²) in [5.41, 5.74) is 6.33. The first-order chi connectivity index (χ1) is 10.0. The number of amides is 1. The molecule has 0 saturated carbocycles. The maximum absolute atomic E-state index is 11.0. The van der Waals surface area contributed by atoms with Gasteiger partial charge in [0.25, 0.3) is 5.69 Å². The van der Waals surface area contributed by atoms with Crippen molar-refractivity contribution in [1.29, 1.82) is 5.26 Å². The van der Waals surface area contributed by atoms with E-state index in [1.54, 1.807) is 36.4 Å². The van der Waals surface area contributed by atoms with Gasteiger partial charge < -0.3 is 11.1 Å². The van der Waals surface area contributed by atoms with Crippen molar-refractivity contribution in [2.75, 3.05) is 5.32 Å². The van der Waals surface area contributed by atoms with Crippen LogP contribution in [0.4, 0.5) is 17.1 Å². The second kappa shape index (κ2) is 5.71. The van der Waals surface area contributed by atoms with Gasteiger partial charge in [-0.2, -0.15) is 5.26 Å². The number of rotatable bonds is 4. The van der Waals surface area contributed by atoms with Gasteiger partial charge in [-0.3, -0.25) is 14.9 Å². The van der Waals surface area contributed by atoms with Crippen LogP contribution in [0.1, 0.15) is 15.9 Å². The highest BCUT2D eigenvalue weighted by molar-refractivity contribution is 5.93. The van der Waals surface area contributed by atoms with Gasteiger partial charge in [0.1, 0.15) is 11.6 Å². The molecule has 0 saturated heterocycles. The normalized spacial score (nSPS) is 9.67. The third-order valence-electron chi connectivity index (χ3n) is 2.77. The van der Waals surface area contributed by atoms with Crippen LogP contribution in [0.2, 0.25) is 0 Å². The number of nitrogens with one attached hydrogen (secondary N) is 1. The summed E-state index contributed by atoms with van der Waals surface area (Å²) in [7, 11) is 0. The Labute approximate surface area is 119 Å². The van der Waals surface area contributed by atoms with E-state index in [9.17, 15) is 14.9 Å². The topological polar surface area (TPSA) is 122 Å². The van der Waals surface area contributed by atoms with Gasteiger partial charge in [-0.15, -0.1) is 0 Å². The second-order valence-electron chi connectivity index (χ2n) is 4.17. The van der Waals surface area contributed by atoms with Crippen LogP contribution in [-0.2, 0) is 0 Å². The molecule has 0 atom stereocenters. The number of carbonyl (C=O) groups is 1. The van der Waals surface area contributed by atoms with E-state index in [1.807, 2.05) is 0 Å². The van der Waals surface area contributed by atoms with Crippen molar-refractivity contribution in [3.8, 4) is 6.07 Å². The highest BCUT2D eigenvalue weighted by Crippen LogP contribution is 2.25. The van der Waals surface area contributed by atoms with Crippen LogP contribution in [0.5, 0.6) is 0 Å². The molecule has 0 aliphatic heterocycles. The summed E-state index contributed by atoms with van der Waals surface area (Å²) in [5, 5.41) is 22.6. The Hall–Kier alpha value is -3.40. The fourth-order valence-electron chi connectivity index (χ4n) is 1.74. The van der Waals surface area contributed by atoms with E-state index < -0.39 is 10.8 Å². The largest absolute Gasteiger partial charge is 0.366 e. The molecule has 0 heterocycles. The predicted octanol–water partition coefficient (Wildman–Crippen LogP) is 2.31. The highest BCUT2D eigenvalue weighted by Gasteiger charge is 2.14. The maximum atomic E-state index is 11.0. The molecule has 0 spiro atoms. The zero-order valence-corrected chi connectivity index (χ0v) is 10.7. The number of carbonyl (C=O) groups excluding carboxylic acids is 1. The Morgan fingerprint density at radius 2 is 1.81 bits per heavy atom. The monoisotopic (exact) mass is 282 g/mol. The molecule has 1 amide bonds. The first-order valence-electron chi connectivity index (χ1n) is 5.86. The molecule has 0 unspecified atom stereocenters. The van der Waals surface area contributed by atoms with Gasteiger partial charge in [0.2, 0.25) is 5.91 Å². The number of hydrogen-bond acceptors (Lipinski definition) is 5. The zero-order valence-electron chi connectivity index (χ0n) is 10.7. The van der Waals surface area contributed by atoms with Crippen molar-refractivity contribution < 1.29 is 9.72 Å². The SMILES string of the molecule is N#Cc1ccc(Nc2ccc(C(N)=O)cc2)cc1[N+](=O)[O-]. The van der Waals surface area contributed by atoms with E-state index >= 15 is 0 Å². The average molecular weight is 282 g/mol. The lowest BCUT2D eigenvalue weighted by Gasteiger charge is -2.07. The van der Waals surface area contributed by atoms with E-state index in [0.717, 1.165) is 0 Å². The fraction of sp³-hybridized carbons (Fsp3) is 0. The highest BCUT2D eigenvalue weighted by atomic mass is 16.6. The van der Waals surface area contributed by atoms with Gasteiger partial charge in [0.05, 0.1) is 4.92 Å². The quantitative estimate of drug-likeness (QED) is 0.658. The Balaban J connectivity index is 2.27. The van der Waals surface area contributed by atoms with E-state index in [-0.39, 0.29) is 11.3 Å². The molecule has 3 N–H and O–H groups in total. The van der Waals surface area contributed by atoms with Gasteiger partial charge in [-0.1, -0.05) is 0 Å². The number of benzene rings is 2. The first kappa shape index (κ1) is 14.0. The van der Waals surface area contributed by atoms with E-state index in [2.05, 4.69) is 5.32 Å². The molecule has 0 aliphatic rings. The predicted molar refractivity (Wildman–Crippen MR) is 76.1 cm³/mol. The van der Waals surface area contributed by atoms with E-state index in [4.69, 9.17) is 11.0 Å². The van der Waals surface area contributed by atoms with Crippen molar-refractivity contribution in [1.82, 2.24) is 0 Å². The summed E-state index contributed by atoms with van der Waals surface area (Å²) in [4.78, 5) is 21.2. The lowest BCUT2D eigenvalue weighted by Crippen LogP contribution is -2.10.